The van der Waals surface area contributed by atoms with Crippen molar-refractivity contribution >= 4 is 0 Å². The van der Waals surface area contributed by atoms with Crippen molar-refractivity contribution in [3.05, 3.63) is 0 Å². The molecule has 3 heteroatoms. The lowest BCUT2D eigenvalue weighted by Gasteiger charge is -2.15. The predicted molar refractivity (Wildman–Crippen MR) is 51.9 cm³/mol. The molecule has 3 nitrogen and oxygen atoms in total. The standard InChI is InChI=1S/C9H21N3/c10-8-9(11)4-3-7-12-5-1-2-6-12/h9H,1-8,10-11H2. The van der Waals surface area contributed by atoms with Crippen molar-refractivity contribution in [3.63, 3.8) is 0 Å². The minimum atomic E-state index is 0.215. The van der Waals surface area contributed by atoms with Gasteiger partial charge >= 0.3 is 0 Å². The molecule has 4 N–H and O–H groups in total. The summed E-state index contributed by atoms with van der Waals surface area (Å²) >= 11 is 0. The summed E-state index contributed by atoms with van der Waals surface area (Å²) in [6, 6.07) is 0.215. The Morgan fingerprint density at radius 2 is 1.92 bits per heavy atom. The van der Waals surface area contributed by atoms with Gasteiger partial charge in [-0.25, -0.2) is 0 Å². The summed E-state index contributed by atoms with van der Waals surface area (Å²) in [5.41, 5.74) is 11.1. The predicted octanol–water partition coefficient (Wildman–Crippen LogP) is 0.148. The Bertz CT molecular complexity index is 110. The van der Waals surface area contributed by atoms with Crippen LogP contribution >= 0.6 is 0 Å². The zero-order chi connectivity index (χ0) is 8.81. The van der Waals surface area contributed by atoms with Gasteiger partial charge in [-0.1, -0.05) is 0 Å². The van der Waals surface area contributed by atoms with Gasteiger partial charge in [-0.2, -0.15) is 0 Å². The number of nitrogens with zero attached hydrogens (tertiary/aromatic N) is 1. The Morgan fingerprint density at radius 3 is 2.50 bits per heavy atom. The second-order valence-corrected chi connectivity index (χ2v) is 3.69. The van der Waals surface area contributed by atoms with E-state index < -0.39 is 0 Å². The highest BCUT2D eigenvalue weighted by molar-refractivity contribution is 4.68. The van der Waals surface area contributed by atoms with Crippen molar-refractivity contribution in [2.45, 2.75) is 31.7 Å². The molecule has 0 aromatic carbocycles. The minimum Gasteiger partial charge on any atom is -0.329 e. The quantitative estimate of drug-likeness (QED) is 0.619. The normalized spacial score (nSPS) is 21.5. The molecule has 1 atom stereocenters. The van der Waals surface area contributed by atoms with E-state index in [0.717, 1.165) is 6.42 Å². The lowest BCUT2D eigenvalue weighted by Crippen LogP contribution is -2.31. The summed E-state index contributed by atoms with van der Waals surface area (Å²) in [5.74, 6) is 0. The van der Waals surface area contributed by atoms with Gasteiger partial charge in [-0.15, -0.1) is 0 Å². The van der Waals surface area contributed by atoms with Crippen molar-refractivity contribution in [2.75, 3.05) is 26.2 Å². The number of nitrogens with two attached hydrogens (primary N) is 2. The summed E-state index contributed by atoms with van der Waals surface area (Å²) in [5, 5.41) is 0. The van der Waals surface area contributed by atoms with Gasteiger partial charge in [0.15, 0.2) is 0 Å². The molecule has 0 aromatic heterocycles. The van der Waals surface area contributed by atoms with E-state index in [4.69, 9.17) is 11.5 Å². The van der Waals surface area contributed by atoms with Gasteiger partial charge in [0.2, 0.25) is 0 Å². The van der Waals surface area contributed by atoms with Crippen molar-refractivity contribution < 1.29 is 0 Å². The highest BCUT2D eigenvalue weighted by Gasteiger charge is 2.10. The number of hydrogen-bond donors (Lipinski definition) is 2. The highest BCUT2D eigenvalue weighted by atomic mass is 15.1. The van der Waals surface area contributed by atoms with Crippen LogP contribution in [0.15, 0.2) is 0 Å². The van der Waals surface area contributed by atoms with Crippen LogP contribution in [0.3, 0.4) is 0 Å². The molecule has 0 bridgehead atoms. The Labute approximate surface area is 75.1 Å². The first-order valence-corrected chi connectivity index (χ1v) is 5.01. The molecule has 0 radical (unpaired) electrons. The first-order valence-electron chi connectivity index (χ1n) is 5.01. The summed E-state index contributed by atoms with van der Waals surface area (Å²) in [7, 11) is 0. The molecule has 12 heavy (non-hydrogen) atoms. The molecule has 0 saturated carbocycles. The molecule has 1 rings (SSSR count). The third kappa shape index (κ3) is 3.52. The second-order valence-electron chi connectivity index (χ2n) is 3.69. The van der Waals surface area contributed by atoms with Gasteiger partial charge in [0, 0.05) is 12.6 Å². The molecule has 0 amide bonds. The topological polar surface area (TPSA) is 55.3 Å². The Morgan fingerprint density at radius 1 is 1.25 bits per heavy atom. The zero-order valence-electron chi connectivity index (χ0n) is 7.84. The van der Waals surface area contributed by atoms with E-state index in [2.05, 4.69) is 4.90 Å². The Balaban J connectivity index is 1.94. The van der Waals surface area contributed by atoms with Gasteiger partial charge in [0.1, 0.15) is 0 Å². The average molecular weight is 171 g/mol. The van der Waals surface area contributed by atoms with Crippen LogP contribution in [0, 0.1) is 0 Å². The van der Waals surface area contributed by atoms with E-state index in [9.17, 15) is 0 Å². The maximum atomic E-state index is 5.71. The van der Waals surface area contributed by atoms with Crippen LogP contribution in [0.1, 0.15) is 25.7 Å². The fourth-order valence-corrected chi connectivity index (χ4v) is 1.70. The van der Waals surface area contributed by atoms with Crippen molar-refractivity contribution in [1.29, 1.82) is 0 Å². The largest absolute Gasteiger partial charge is 0.329 e. The lowest BCUT2D eigenvalue weighted by molar-refractivity contribution is 0.325. The smallest absolute Gasteiger partial charge is 0.0163 e. The molecule has 0 spiro atoms. The van der Waals surface area contributed by atoms with Crippen LogP contribution in [-0.4, -0.2) is 37.1 Å². The van der Waals surface area contributed by atoms with Gasteiger partial charge in [0.05, 0.1) is 0 Å². The Kier molecular flexibility index (Phi) is 4.58. The molecule has 1 fully saturated rings. The average Bonchev–Trinajstić information content (AvgIpc) is 2.57. The van der Waals surface area contributed by atoms with Crippen LogP contribution in [0.5, 0.6) is 0 Å². The van der Waals surface area contributed by atoms with Crippen LogP contribution in [0.4, 0.5) is 0 Å². The highest BCUT2D eigenvalue weighted by Crippen LogP contribution is 2.08. The van der Waals surface area contributed by atoms with Crippen LogP contribution < -0.4 is 11.5 Å². The molecule has 1 aliphatic rings. The van der Waals surface area contributed by atoms with Gasteiger partial charge < -0.3 is 16.4 Å². The first-order chi connectivity index (χ1) is 5.83. The third-order valence-corrected chi connectivity index (χ3v) is 2.55. The van der Waals surface area contributed by atoms with E-state index in [1.54, 1.807) is 0 Å². The van der Waals surface area contributed by atoms with Gasteiger partial charge in [-0.05, 0) is 45.3 Å². The lowest BCUT2D eigenvalue weighted by atomic mass is 10.1. The molecular formula is C9H21N3. The molecule has 1 unspecified atom stereocenters. The fourth-order valence-electron chi connectivity index (χ4n) is 1.70. The molecule has 72 valence electrons. The Hall–Kier alpha value is -0.120. The summed E-state index contributed by atoms with van der Waals surface area (Å²) in [6.45, 7) is 4.42. The molecular weight excluding hydrogens is 150 g/mol. The fraction of sp³-hybridized carbons (Fsp3) is 1.00. The maximum Gasteiger partial charge on any atom is 0.0163 e. The number of likely N-dealkylation sites (tertiary alicyclic amines) is 1. The van der Waals surface area contributed by atoms with E-state index in [-0.39, 0.29) is 6.04 Å². The van der Waals surface area contributed by atoms with Crippen molar-refractivity contribution in [1.82, 2.24) is 4.90 Å². The minimum absolute atomic E-state index is 0.215. The monoisotopic (exact) mass is 171 g/mol. The molecule has 0 aromatic rings. The summed E-state index contributed by atoms with van der Waals surface area (Å²) in [6.07, 6.45) is 5.04. The van der Waals surface area contributed by atoms with Crippen molar-refractivity contribution in [2.24, 2.45) is 11.5 Å². The van der Waals surface area contributed by atoms with Crippen LogP contribution in [0.25, 0.3) is 0 Å². The number of rotatable bonds is 5. The van der Waals surface area contributed by atoms with E-state index in [0.29, 0.717) is 6.54 Å². The van der Waals surface area contributed by atoms with Gasteiger partial charge in [-0.3, -0.25) is 0 Å². The number of hydrogen-bond acceptors (Lipinski definition) is 3. The summed E-state index contributed by atoms with van der Waals surface area (Å²) in [4.78, 5) is 2.52. The van der Waals surface area contributed by atoms with E-state index in [1.165, 1.54) is 38.9 Å². The van der Waals surface area contributed by atoms with Gasteiger partial charge in [0.25, 0.3) is 0 Å². The maximum absolute atomic E-state index is 5.71. The molecule has 1 saturated heterocycles. The second kappa shape index (κ2) is 5.51. The first kappa shape index (κ1) is 9.96. The third-order valence-electron chi connectivity index (χ3n) is 2.55. The summed E-state index contributed by atoms with van der Waals surface area (Å²) < 4.78 is 0. The van der Waals surface area contributed by atoms with Crippen molar-refractivity contribution in [3.8, 4) is 0 Å². The molecule has 1 heterocycles. The SMILES string of the molecule is NCC(N)CCCN1CCCC1. The zero-order valence-corrected chi connectivity index (χ0v) is 7.84. The van der Waals surface area contributed by atoms with E-state index >= 15 is 0 Å². The molecule has 0 aliphatic carbocycles. The van der Waals surface area contributed by atoms with E-state index in [1.807, 2.05) is 0 Å². The molecule has 1 aliphatic heterocycles. The van der Waals surface area contributed by atoms with Crippen LogP contribution in [-0.2, 0) is 0 Å². The van der Waals surface area contributed by atoms with Crippen LogP contribution in [0.2, 0.25) is 0 Å².